The first kappa shape index (κ1) is 17.9. The molecule has 0 aliphatic heterocycles. The first-order valence-electron chi connectivity index (χ1n) is 6.80. The van der Waals surface area contributed by atoms with Crippen LogP contribution in [0.5, 0.6) is 5.75 Å². The maximum Gasteiger partial charge on any atom is 0.327 e. The number of alkyl halides is 1. The molecule has 1 aromatic carbocycles. The van der Waals surface area contributed by atoms with E-state index in [2.05, 4.69) is 22.6 Å². The van der Waals surface area contributed by atoms with Crippen LogP contribution < -0.4 is 4.74 Å². The second-order valence-corrected chi connectivity index (χ2v) is 7.95. The third-order valence-corrected chi connectivity index (χ3v) is 4.45. The average molecular weight is 404 g/mol. The number of rotatable bonds is 5. The molecular formula is C16H21IO4. The Balaban J connectivity index is 2.84. The van der Waals surface area contributed by atoms with Gasteiger partial charge in [-0.1, -0.05) is 41.6 Å². The predicted molar refractivity (Wildman–Crippen MR) is 89.6 cm³/mol. The molecule has 1 rings (SSSR count). The van der Waals surface area contributed by atoms with Gasteiger partial charge in [0.1, 0.15) is 14.8 Å². The number of hydrogen-bond donors (Lipinski definition) is 0. The Morgan fingerprint density at radius 3 is 2.10 bits per heavy atom. The lowest BCUT2D eigenvalue weighted by molar-refractivity contribution is -0.154. The van der Waals surface area contributed by atoms with Crippen LogP contribution in [0.4, 0.5) is 0 Å². The SMILES string of the molecule is CCC(C)(I)C(=O)Oc1ccc(C(C)(C)OC(C)=O)cc1. The zero-order valence-corrected chi connectivity index (χ0v) is 15.2. The maximum atomic E-state index is 12.0. The highest BCUT2D eigenvalue weighted by atomic mass is 127. The van der Waals surface area contributed by atoms with Crippen LogP contribution in [-0.4, -0.2) is 15.4 Å². The van der Waals surface area contributed by atoms with Gasteiger partial charge < -0.3 is 9.47 Å². The Labute approximate surface area is 139 Å². The lowest BCUT2D eigenvalue weighted by Crippen LogP contribution is -2.31. The van der Waals surface area contributed by atoms with Crippen LogP contribution in [0.25, 0.3) is 0 Å². The molecular weight excluding hydrogens is 383 g/mol. The highest BCUT2D eigenvalue weighted by molar-refractivity contribution is 14.1. The number of carbonyl (C=O) groups excluding carboxylic acids is 2. The topological polar surface area (TPSA) is 52.6 Å². The van der Waals surface area contributed by atoms with E-state index in [1.807, 2.05) is 27.7 Å². The Morgan fingerprint density at radius 1 is 1.14 bits per heavy atom. The quantitative estimate of drug-likeness (QED) is 0.322. The first-order valence-corrected chi connectivity index (χ1v) is 7.87. The minimum absolute atomic E-state index is 0.266. The smallest absolute Gasteiger partial charge is 0.327 e. The molecule has 0 bridgehead atoms. The van der Waals surface area contributed by atoms with E-state index in [0.717, 1.165) is 5.56 Å². The second kappa shape index (κ2) is 6.77. The molecule has 5 heteroatoms. The van der Waals surface area contributed by atoms with Gasteiger partial charge in [-0.3, -0.25) is 9.59 Å². The van der Waals surface area contributed by atoms with Crippen molar-refractivity contribution >= 4 is 34.5 Å². The second-order valence-electron chi connectivity index (χ2n) is 5.57. The lowest BCUT2D eigenvalue weighted by atomic mass is 9.98. The van der Waals surface area contributed by atoms with Gasteiger partial charge in [0.05, 0.1) is 0 Å². The molecule has 116 valence electrons. The molecule has 0 amide bonds. The summed E-state index contributed by atoms with van der Waals surface area (Å²) in [5.41, 5.74) is 0.125. The van der Waals surface area contributed by atoms with Crippen molar-refractivity contribution in [3.63, 3.8) is 0 Å². The predicted octanol–water partition coefficient (Wildman–Crippen LogP) is 3.99. The highest BCUT2D eigenvalue weighted by Gasteiger charge is 2.30. The van der Waals surface area contributed by atoms with Crippen LogP contribution >= 0.6 is 22.6 Å². The van der Waals surface area contributed by atoms with Crippen LogP contribution in [0.2, 0.25) is 0 Å². The zero-order valence-electron chi connectivity index (χ0n) is 13.0. The van der Waals surface area contributed by atoms with Gasteiger partial charge in [0.2, 0.25) is 0 Å². The third-order valence-electron chi connectivity index (χ3n) is 3.25. The highest BCUT2D eigenvalue weighted by Crippen LogP contribution is 2.28. The minimum Gasteiger partial charge on any atom is -0.455 e. The standard InChI is InChI=1S/C16H21IO4/c1-6-16(5,17)14(19)20-13-9-7-12(8-10-13)15(3,4)21-11(2)18/h7-10H,6H2,1-5H3. The van der Waals surface area contributed by atoms with Crippen LogP contribution in [0.3, 0.4) is 0 Å². The van der Waals surface area contributed by atoms with Gasteiger partial charge >= 0.3 is 11.9 Å². The van der Waals surface area contributed by atoms with Gasteiger partial charge in [-0.2, -0.15) is 0 Å². The number of ether oxygens (including phenoxy) is 2. The fourth-order valence-corrected chi connectivity index (χ4v) is 1.81. The van der Waals surface area contributed by atoms with E-state index in [0.29, 0.717) is 12.2 Å². The molecule has 0 saturated carbocycles. The van der Waals surface area contributed by atoms with E-state index in [1.54, 1.807) is 24.3 Å². The summed E-state index contributed by atoms with van der Waals surface area (Å²) in [6.07, 6.45) is 0.698. The normalized spacial score (nSPS) is 14.2. The van der Waals surface area contributed by atoms with Crippen LogP contribution in [0.15, 0.2) is 24.3 Å². The van der Waals surface area contributed by atoms with E-state index in [9.17, 15) is 9.59 Å². The van der Waals surface area contributed by atoms with Gasteiger partial charge in [-0.15, -0.1) is 0 Å². The van der Waals surface area contributed by atoms with Crippen molar-refractivity contribution in [1.82, 2.24) is 0 Å². The zero-order chi connectivity index (χ0) is 16.3. The molecule has 0 N–H and O–H groups in total. The lowest BCUT2D eigenvalue weighted by Gasteiger charge is -2.25. The average Bonchev–Trinajstić information content (AvgIpc) is 2.37. The first-order chi connectivity index (χ1) is 9.58. The van der Waals surface area contributed by atoms with Gasteiger partial charge in [0.15, 0.2) is 0 Å². The van der Waals surface area contributed by atoms with Crippen molar-refractivity contribution in [3.8, 4) is 5.75 Å². The van der Waals surface area contributed by atoms with Gasteiger partial charge in [0.25, 0.3) is 0 Å². The summed E-state index contributed by atoms with van der Waals surface area (Å²) in [4.78, 5) is 23.1. The third kappa shape index (κ3) is 4.98. The molecule has 0 heterocycles. The summed E-state index contributed by atoms with van der Waals surface area (Å²) in [5, 5.41) is 0. The number of benzene rings is 1. The van der Waals surface area contributed by atoms with Crippen LogP contribution in [-0.2, 0) is 19.9 Å². The molecule has 0 saturated heterocycles. The minimum atomic E-state index is -0.713. The molecule has 0 aliphatic rings. The van der Waals surface area contributed by atoms with E-state index in [1.165, 1.54) is 6.92 Å². The van der Waals surface area contributed by atoms with Gasteiger partial charge in [-0.05, 0) is 44.9 Å². The number of carbonyl (C=O) groups is 2. The largest absolute Gasteiger partial charge is 0.455 e. The Kier molecular flexibility index (Phi) is 5.78. The van der Waals surface area contributed by atoms with Gasteiger partial charge in [0, 0.05) is 6.92 Å². The molecule has 1 unspecified atom stereocenters. The van der Waals surface area contributed by atoms with E-state index in [-0.39, 0.29) is 11.9 Å². The maximum absolute atomic E-state index is 12.0. The van der Waals surface area contributed by atoms with Crippen molar-refractivity contribution < 1.29 is 19.1 Å². The molecule has 1 atom stereocenters. The van der Waals surface area contributed by atoms with Crippen molar-refractivity contribution in [1.29, 1.82) is 0 Å². The number of esters is 2. The van der Waals surface area contributed by atoms with E-state index >= 15 is 0 Å². The molecule has 4 nitrogen and oxygen atoms in total. The van der Waals surface area contributed by atoms with Crippen LogP contribution in [0.1, 0.15) is 46.6 Å². The summed E-state index contributed by atoms with van der Waals surface area (Å²) < 4.78 is 10.1. The van der Waals surface area contributed by atoms with Crippen LogP contribution in [0, 0.1) is 0 Å². The molecule has 0 radical (unpaired) electrons. The van der Waals surface area contributed by atoms with E-state index in [4.69, 9.17) is 9.47 Å². The molecule has 0 spiro atoms. The monoisotopic (exact) mass is 404 g/mol. The fraction of sp³-hybridized carbons (Fsp3) is 0.500. The number of hydrogen-bond acceptors (Lipinski definition) is 4. The summed E-state index contributed by atoms with van der Waals surface area (Å²) in [6, 6.07) is 7.01. The van der Waals surface area contributed by atoms with E-state index < -0.39 is 9.02 Å². The summed E-state index contributed by atoms with van der Waals surface area (Å²) in [7, 11) is 0. The number of halogens is 1. The molecule has 0 aromatic heterocycles. The molecule has 21 heavy (non-hydrogen) atoms. The van der Waals surface area contributed by atoms with Crippen molar-refractivity contribution in [2.75, 3.05) is 0 Å². The van der Waals surface area contributed by atoms with Crippen molar-refractivity contribution in [3.05, 3.63) is 29.8 Å². The Hall–Kier alpha value is -1.11. The molecule has 0 aliphatic carbocycles. The molecule has 1 aromatic rings. The Bertz CT molecular complexity index is 518. The summed E-state index contributed by atoms with van der Waals surface area (Å²) in [5.74, 6) is -0.115. The van der Waals surface area contributed by atoms with Crippen molar-refractivity contribution in [2.24, 2.45) is 0 Å². The summed E-state index contributed by atoms with van der Waals surface area (Å²) in [6.45, 7) is 8.79. The Morgan fingerprint density at radius 2 is 1.67 bits per heavy atom. The summed E-state index contributed by atoms with van der Waals surface area (Å²) >= 11 is 2.09. The fourth-order valence-electron chi connectivity index (χ4n) is 1.70. The molecule has 0 fully saturated rings. The van der Waals surface area contributed by atoms with Crippen molar-refractivity contribution in [2.45, 2.75) is 50.1 Å². The van der Waals surface area contributed by atoms with Gasteiger partial charge in [-0.25, -0.2) is 0 Å².